The molecule has 2 heterocycles. The molecule has 1 aliphatic heterocycles. The minimum absolute atomic E-state index is 0.102. The molecule has 0 bridgehead atoms. The van der Waals surface area contributed by atoms with Crippen molar-refractivity contribution in [3.8, 4) is 11.4 Å². The highest BCUT2D eigenvalue weighted by atomic mass is 16.5. The van der Waals surface area contributed by atoms with Gasteiger partial charge < -0.3 is 15.0 Å². The molecular weight excluding hydrogens is 352 g/mol. The molecule has 0 spiro atoms. The van der Waals surface area contributed by atoms with E-state index < -0.39 is 0 Å². The SMILES string of the molecule is CNc1cc(C)nc(-c2ccc(C(=O)N3CCC([C@@H](C)COC)CC3)cc2)n1. The minimum Gasteiger partial charge on any atom is -0.384 e. The quantitative estimate of drug-likeness (QED) is 0.826. The highest BCUT2D eigenvalue weighted by Crippen LogP contribution is 2.26. The van der Waals surface area contributed by atoms with Crippen LogP contribution in [0.3, 0.4) is 0 Å². The van der Waals surface area contributed by atoms with Crippen LogP contribution in [0.15, 0.2) is 30.3 Å². The lowest BCUT2D eigenvalue weighted by molar-refractivity contribution is 0.0598. The van der Waals surface area contributed by atoms with Crippen molar-refractivity contribution in [1.82, 2.24) is 14.9 Å². The maximum atomic E-state index is 12.9. The number of ether oxygens (including phenoxy) is 1. The van der Waals surface area contributed by atoms with Crippen molar-refractivity contribution >= 4 is 11.7 Å². The Hall–Kier alpha value is -2.47. The molecule has 6 nitrogen and oxygen atoms in total. The first kappa shape index (κ1) is 20.3. The topological polar surface area (TPSA) is 67.4 Å². The molecule has 0 radical (unpaired) electrons. The largest absolute Gasteiger partial charge is 0.384 e. The van der Waals surface area contributed by atoms with Crippen LogP contribution < -0.4 is 5.32 Å². The van der Waals surface area contributed by atoms with E-state index in [9.17, 15) is 4.79 Å². The van der Waals surface area contributed by atoms with Crippen molar-refractivity contribution in [1.29, 1.82) is 0 Å². The number of hydrogen-bond donors (Lipinski definition) is 1. The number of amides is 1. The Balaban J connectivity index is 1.65. The molecule has 0 saturated carbocycles. The van der Waals surface area contributed by atoms with Gasteiger partial charge in [0.15, 0.2) is 5.82 Å². The van der Waals surface area contributed by atoms with Crippen molar-refractivity contribution in [2.45, 2.75) is 26.7 Å². The molecule has 1 fully saturated rings. The Kier molecular flexibility index (Phi) is 6.62. The fraction of sp³-hybridized carbons (Fsp3) is 0.500. The molecule has 1 saturated heterocycles. The minimum atomic E-state index is 0.102. The second-order valence-corrected chi connectivity index (χ2v) is 7.61. The third-order valence-corrected chi connectivity index (χ3v) is 5.56. The molecule has 1 aromatic heterocycles. The number of methoxy groups -OCH3 is 1. The van der Waals surface area contributed by atoms with Crippen LogP contribution in [0.5, 0.6) is 0 Å². The number of benzene rings is 1. The third kappa shape index (κ3) is 4.68. The van der Waals surface area contributed by atoms with Crippen LogP contribution in [0.1, 0.15) is 35.8 Å². The lowest BCUT2D eigenvalue weighted by Crippen LogP contribution is -2.40. The lowest BCUT2D eigenvalue weighted by atomic mass is 9.86. The Bertz CT molecular complexity index is 799. The normalized spacial score (nSPS) is 16.1. The van der Waals surface area contributed by atoms with Crippen molar-refractivity contribution in [3.63, 3.8) is 0 Å². The molecule has 1 amide bonds. The van der Waals surface area contributed by atoms with E-state index in [1.54, 1.807) is 7.11 Å². The van der Waals surface area contributed by atoms with E-state index in [1.807, 2.05) is 49.2 Å². The standard InChI is InChI=1S/C22H30N4O2/c1-15(14-28-4)17-9-11-26(12-10-17)22(27)19-7-5-18(6-8-19)21-24-16(2)13-20(23-3)25-21/h5-8,13,15,17H,9-12,14H2,1-4H3,(H,23,24,25)/t15-/m0/s1. The molecule has 0 unspecified atom stereocenters. The number of aromatic nitrogens is 2. The first-order chi connectivity index (χ1) is 13.5. The molecule has 1 atom stereocenters. The first-order valence-corrected chi connectivity index (χ1v) is 9.94. The predicted molar refractivity (Wildman–Crippen MR) is 111 cm³/mol. The molecule has 6 heteroatoms. The zero-order chi connectivity index (χ0) is 20.1. The van der Waals surface area contributed by atoms with Gasteiger partial charge in [-0.15, -0.1) is 0 Å². The second kappa shape index (κ2) is 9.15. The summed E-state index contributed by atoms with van der Waals surface area (Å²) >= 11 is 0. The van der Waals surface area contributed by atoms with Gasteiger partial charge >= 0.3 is 0 Å². The maximum absolute atomic E-state index is 12.9. The third-order valence-electron chi connectivity index (χ3n) is 5.56. The van der Waals surface area contributed by atoms with Gasteiger partial charge in [0.1, 0.15) is 5.82 Å². The number of anilines is 1. The number of carbonyl (C=O) groups is 1. The zero-order valence-electron chi connectivity index (χ0n) is 17.2. The Morgan fingerprint density at radius 2 is 1.93 bits per heavy atom. The summed E-state index contributed by atoms with van der Waals surface area (Å²) in [6.45, 7) is 6.59. The van der Waals surface area contributed by atoms with Gasteiger partial charge in [-0.3, -0.25) is 4.79 Å². The Morgan fingerprint density at radius 3 is 2.54 bits per heavy atom. The van der Waals surface area contributed by atoms with Gasteiger partial charge in [-0.2, -0.15) is 0 Å². The summed E-state index contributed by atoms with van der Waals surface area (Å²) in [5, 5.41) is 3.05. The summed E-state index contributed by atoms with van der Waals surface area (Å²) in [6, 6.07) is 9.51. The summed E-state index contributed by atoms with van der Waals surface area (Å²) in [6.07, 6.45) is 2.08. The van der Waals surface area contributed by atoms with Gasteiger partial charge in [0.2, 0.25) is 0 Å². The molecule has 3 rings (SSSR count). The van der Waals surface area contributed by atoms with E-state index in [1.165, 1.54) is 0 Å². The van der Waals surface area contributed by atoms with Gasteiger partial charge in [0.25, 0.3) is 5.91 Å². The Labute approximate surface area is 167 Å². The fourth-order valence-corrected chi connectivity index (χ4v) is 3.84. The van der Waals surface area contributed by atoms with E-state index in [4.69, 9.17) is 4.74 Å². The summed E-state index contributed by atoms with van der Waals surface area (Å²) in [4.78, 5) is 23.8. The van der Waals surface area contributed by atoms with Gasteiger partial charge in [-0.1, -0.05) is 19.1 Å². The molecule has 1 aliphatic rings. The summed E-state index contributed by atoms with van der Waals surface area (Å²) < 4.78 is 5.28. The number of carbonyl (C=O) groups excluding carboxylic acids is 1. The molecule has 2 aromatic rings. The van der Waals surface area contributed by atoms with Crippen LogP contribution in [0.2, 0.25) is 0 Å². The molecule has 150 valence electrons. The monoisotopic (exact) mass is 382 g/mol. The second-order valence-electron chi connectivity index (χ2n) is 7.61. The number of hydrogen-bond acceptors (Lipinski definition) is 5. The van der Waals surface area contributed by atoms with Gasteiger partial charge in [0, 0.05) is 56.7 Å². The van der Waals surface area contributed by atoms with Gasteiger partial charge in [-0.25, -0.2) is 9.97 Å². The number of nitrogens with one attached hydrogen (secondary N) is 1. The van der Waals surface area contributed by atoms with E-state index in [0.717, 1.165) is 49.6 Å². The molecular formula is C22H30N4O2. The van der Waals surface area contributed by atoms with Crippen molar-refractivity contribution < 1.29 is 9.53 Å². The number of piperidine rings is 1. The lowest BCUT2D eigenvalue weighted by Gasteiger charge is -2.34. The molecule has 1 aromatic carbocycles. The molecule has 28 heavy (non-hydrogen) atoms. The zero-order valence-corrected chi connectivity index (χ0v) is 17.2. The van der Waals surface area contributed by atoms with Gasteiger partial charge in [0.05, 0.1) is 0 Å². The average Bonchev–Trinajstić information content (AvgIpc) is 2.73. The highest BCUT2D eigenvalue weighted by molar-refractivity contribution is 5.94. The predicted octanol–water partition coefficient (Wildman–Crippen LogP) is 3.63. The smallest absolute Gasteiger partial charge is 0.253 e. The Morgan fingerprint density at radius 1 is 1.25 bits per heavy atom. The van der Waals surface area contributed by atoms with Crippen LogP contribution >= 0.6 is 0 Å². The van der Waals surface area contributed by atoms with Crippen LogP contribution in [-0.4, -0.2) is 54.6 Å². The summed E-state index contributed by atoms with van der Waals surface area (Å²) in [5.41, 5.74) is 2.53. The van der Waals surface area contributed by atoms with E-state index in [2.05, 4.69) is 22.2 Å². The van der Waals surface area contributed by atoms with Crippen molar-refractivity contribution in [2.75, 3.05) is 39.2 Å². The number of aryl methyl sites for hydroxylation is 1. The van der Waals surface area contributed by atoms with Gasteiger partial charge in [-0.05, 0) is 43.7 Å². The average molecular weight is 383 g/mol. The van der Waals surface area contributed by atoms with E-state index >= 15 is 0 Å². The van der Waals surface area contributed by atoms with E-state index in [0.29, 0.717) is 23.2 Å². The molecule has 1 N–H and O–H groups in total. The molecule has 0 aliphatic carbocycles. The van der Waals surface area contributed by atoms with E-state index in [-0.39, 0.29) is 5.91 Å². The van der Waals surface area contributed by atoms with Crippen LogP contribution in [0.4, 0.5) is 5.82 Å². The van der Waals surface area contributed by atoms with Crippen molar-refractivity contribution in [3.05, 3.63) is 41.6 Å². The van der Waals surface area contributed by atoms with Crippen LogP contribution in [-0.2, 0) is 4.74 Å². The number of rotatable bonds is 6. The highest BCUT2D eigenvalue weighted by Gasteiger charge is 2.26. The first-order valence-electron chi connectivity index (χ1n) is 9.94. The van der Waals surface area contributed by atoms with Crippen LogP contribution in [0, 0.1) is 18.8 Å². The van der Waals surface area contributed by atoms with Crippen molar-refractivity contribution in [2.24, 2.45) is 11.8 Å². The summed E-state index contributed by atoms with van der Waals surface area (Å²) in [7, 11) is 3.59. The number of likely N-dealkylation sites (tertiary alicyclic amines) is 1. The summed E-state index contributed by atoms with van der Waals surface area (Å²) in [5.74, 6) is 2.72. The maximum Gasteiger partial charge on any atom is 0.253 e. The van der Waals surface area contributed by atoms with Crippen LogP contribution in [0.25, 0.3) is 11.4 Å². The number of nitrogens with zero attached hydrogens (tertiary/aromatic N) is 3. The fourth-order valence-electron chi connectivity index (χ4n) is 3.84.